The molecule has 5 heterocycles. The monoisotopic (exact) mass is 542 g/mol. The second-order valence-electron chi connectivity index (χ2n) is 9.66. The Balaban J connectivity index is 1.22. The van der Waals surface area contributed by atoms with Crippen LogP contribution in [0.4, 0.5) is 10.6 Å². The highest BCUT2D eigenvalue weighted by Gasteiger charge is 2.47. The molecule has 0 spiro atoms. The minimum atomic E-state index is -1.44. The number of ether oxygens (including phenoxy) is 2. The smallest absolute Gasteiger partial charge is 0.411 e. The summed E-state index contributed by atoms with van der Waals surface area (Å²) in [4.78, 5) is 49.8. The fourth-order valence-electron chi connectivity index (χ4n) is 4.75. The number of nitrogens with two attached hydrogens (primary N) is 1. The molecule has 0 radical (unpaired) electrons. The van der Waals surface area contributed by atoms with E-state index in [1.165, 1.54) is 10.9 Å². The molecule has 15 heteroatoms. The van der Waals surface area contributed by atoms with Crippen molar-refractivity contribution in [3.63, 3.8) is 0 Å². The molecule has 0 bridgehead atoms. The molecule has 3 fully saturated rings. The number of hydrogen-bond donors (Lipinski definition) is 5. The van der Waals surface area contributed by atoms with Crippen molar-refractivity contribution in [2.45, 2.75) is 63.4 Å². The largest absolute Gasteiger partial charge is 0.425 e. The number of carbonyl (C=O) groups excluding carboxylic acids is 3. The number of β-lactam (4-membered cyclic amide) rings is 1. The average Bonchev–Trinajstić information content (AvgIpc) is 3.44. The van der Waals surface area contributed by atoms with Gasteiger partial charge in [0, 0.05) is 26.1 Å². The van der Waals surface area contributed by atoms with Gasteiger partial charge >= 0.3 is 6.09 Å². The third-order valence-corrected chi connectivity index (χ3v) is 6.97. The summed E-state index contributed by atoms with van der Waals surface area (Å²) in [5, 5.41) is 26.0. The van der Waals surface area contributed by atoms with E-state index in [4.69, 9.17) is 15.2 Å². The van der Waals surface area contributed by atoms with E-state index in [0.29, 0.717) is 26.1 Å². The first-order valence-electron chi connectivity index (χ1n) is 12.8. The zero-order valence-corrected chi connectivity index (χ0v) is 21.2. The molecule has 5 rings (SSSR count). The number of nitrogen functional groups attached to an aromatic ring is 1. The summed E-state index contributed by atoms with van der Waals surface area (Å²) < 4.78 is 12.3. The number of rotatable bonds is 5. The number of fused-ring (bicyclic) bond motifs is 1. The van der Waals surface area contributed by atoms with Gasteiger partial charge in [-0.15, -0.1) is 0 Å². The molecule has 3 aliphatic rings. The molecule has 39 heavy (non-hydrogen) atoms. The average molecular weight is 543 g/mol. The lowest BCUT2D eigenvalue weighted by Gasteiger charge is -2.33. The number of imidazole rings is 1. The lowest BCUT2D eigenvalue weighted by molar-refractivity contribution is -0.138. The van der Waals surface area contributed by atoms with Gasteiger partial charge in [-0.1, -0.05) is 5.92 Å². The molecule has 5 atom stereocenters. The zero-order chi connectivity index (χ0) is 27.7. The van der Waals surface area contributed by atoms with Crippen LogP contribution >= 0.6 is 0 Å². The van der Waals surface area contributed by atoms with Crippen molar-refractivity contribution < 1.29 is 34.1 Å². The van der Waals surface area contributed by atoms with E-state index in [9.17, 15) is 24.6 Å². The second-order valence-corrected chi connectivity index (χ2v) is 9.66. The van der Waals surface area contributed by atoms with Gasteiger partial charge in [-0.3, -0.25) is 14.2 Å². The fourth-order valence-corrected chi connectivity index (χ4v) is 4.75. The van der Waals surface area contributed by atoms with Gasteiger partial charge in [0.15, 0.2) is 30.0 Å². The Kier molecular flexibility index (Phi) is 7.51. The predicted octanol–water partition coefficient (Wildman–Crippen LogP) is -1.40. The molecule has 208 valence electrons. The molecule has 3 saturated heterocycles. The van der Waals surface area contributed by atoms with E-state index < -0.39 is 42.8 Å². The normalized spacial score (nSPS) is 26.9. The van der Waals surface area contributed by atoms with Crippen LogP contribution in [-0.4, -0.2) is 96.7 Å². The van der Waals surface area contributed by atoms with Crippen LogP contribution in [0.15, 0.2) is 6.33 Å². The number of nitrogens with one attached hydrogen (secondary N) is 2. The van der Waals surface area contributed by atoms with Gasteiger partial charge in [0.1, 0.15) is 17.7 Å². The Bertz CT molecular complexity index is 1320. The summed E-state index contributed by atoms with van der Waals surface area (Å²) in [6.07, 6.45) is -2.57. The van der Waals surface area contributed by atoms with Crippen molar-refractivity contribution in [1.82, 2.24) is 35.1 Å². The second kappa shape index (κ2) is 11.0. The highest BCUT2D eigenvalue weighted by Crippen LogP contribution is 2.32. The Morgan fingerprint density at radius 2 is 2.03 bits per heavy atom. The topological polar surface area (TPSA) is 207 Å². The highest BCUT2D eigenvalue weighted by molar-refractivity contribution is 5.84. The number of amides is 3. The molecular formula is C24H30N8O7. The first-order chi connectivity index (χ1) is 18.7. The van der Waals surface area contributed by atoms with Crippen molar-refractivity contribution in [2.75, 3.05) is 25.4 Å². The molecule has 0 aromatic carbocycles. The number of likely N-dealkylation sites (tertiary alicyclic amines) is 1. The van der Waals surface area contributed by atoms with Crippen molar-refractivity contribution in [1.29, 1.82) is 0 Å². The maximum Gasteiger partial charge on any atom is 0.411 e. The molecule has 0 aliphatic carbocycles. The lowest BCUT2D eigenvalue weighted by Crippen LogP contribution is -2.53. The number of aliphatic hydroxyl groups is 2. The quantitative estimate of drug-likeness (QED) is 0.219. The van der Waals surface area contributed by atoms with Crippen LogP contribution in [-0.2, 0) is 19.1 Å². The summed E-state index contributed by atoms with van der Waals surface area (Å²) in [6, 6.07) is 0. The van der Waals surface area contributed by atoms with Crippen LogP contribution in [0.3, 0.4) is 0 Å². The van der Waals surface area contributed by atoms with Crippen molar-refractivity contribution in [3.05, 3.63) is 12.2 Å². The minimum Gasteiger partial charge on any atom is -0.425 e. The van der Waals surface area contributed by atoms with E-state index in [0.717, 1.165) is 12.8 Å². The Hall–Kier alpha value is -4.00. The standard InChI is InChI=1S/C24H30N8O7/c1-2-26-22(36)19-17(34)18(35)23(39-19)32-11-27-16-20(25)28-13(29-21(16)32)5-3-4-12-6-8-31(9-7-12)24(37)38-15-10-14(33)30-15/h11-12,15,17-19,23,34-35H,2,4,6-10H2,1H3,(H,26,36)(H,30,33)(H2,25,28,29)/t15?,17-,18+,19-,23+/m0/s1. The number of piperidine rings is 1. The van der Waals surface area contributed by atoms with Crippen molar-refractivity contribution in [3.8, 4) is 11.8 Å². The number of aromatic nitrogens is 4. The number of nitrogens with zero attached hydrogens (tertiary/aromatic N) is 5. The molecule has 15 nitrogen and oxygen atoms in total. The number of anilines is 1. The lowest BCUT2D eigenvalue weighted by atomic mass is 9.94. The summed E-state index contributed by atoms with van der Waals surface area (Å²) >= 11 is 0. The maximum absolute atomic E-state index is 12.2. The van der Waals surface area contributed by atoms with Crippen LogP contribution in [0.1, 0.15) is 44.7 Å². The molecule has 6 N–H and O–H groups in total. The number of carbonyl (C=O) groups is 3. The van der Waals surface area contributed by atoms with Crippen LogP contribution < -0.4 is 16.4 Å². The van der Waals surface area contributed by atoms with E-state index in [2.05, 4.69) is 37.4 Å². The van der Waals surface area contributed by atoms with E-state index in [1.54, 1.807) is 11.8 Å². The van der Waals surface area contributed by atoms with E-state index >= 15 is 0 Å². The number of likely N-dealkylation sites (N-methyl/N-ethyl adjacent to an activating group) is 1. The van der Waals surface area contributed by atoms with Gasteiger partial charge in [-0.05, 0) is 31.6 Å². The summed E-state index contributed by atoms with van der Waals surface area (Å²) in [5.74, 6) is 5.84. The van der Waals surface area contributed by atoms with Crippen LogP contribution in [0.2, 0.25) is 0 Å². The molecule has 0 saturated carbocycles. The van der Waals surface area contributed by atoms with E-state index in [-0.39, 0.29) is 41.1 Å². The van der Waals surface area contributed by atoms with E-state index in [1.807, 2.05) is 0 Å². The van der Waals surface area contributed by atoms with Crippen LogP contribution in [0.5, 0.6) is 0 Å². The fraction of sp³-hybridized carbons (Fsp3) is 0.583. The Morgan fingerprint density at radius 1 is 1.28 bits per heavy atom. The highest BCUT2D eigenvalue weighted by atomic mass is 16.6. The van der Waals surface area contributed by atoms with Crippen molar-refractivity contribution in [2.24, 2.45) is 5.92 Å². The van der Waals surface area contributed by atoms with Gasteiger partial charge in [-0.2, -0.15) is 0 Å². The van der Waals surface area contributed by atoms with Gasteiger partial charge in [-0.25, -0.2) is 19.7 Å². The molecule has 3 aliphatic heterocycles. The molecular weight excluding hydrogens is 512 g/mol. The maximum atomic E-state index is 12.2. The first kappa shape index (κ1) is 26.6. The van der Waals surface area contributed by atoms with Crippen molar-refractivity contribution >= 4 is 34.9 Å². The number of hydrogen-bond acceptors (Lipinski definition) is 11. The van der Waals surface area contributed by atoms with Gasteiger partial charge in [0.25, 0.3) is 5.91 Å². The van der Waals surface area contributed by atoms with Gasteiger partial charge < -0.3 is 41.0 Å². The summed E-state index contributed by atoms with van der Waals surface area (Å²) in [7, 11) is 0. The van der Waals surface area contributed by atoms with Gasteiger partial charge in [0.05, 0.1) is 12.7 Å². The zero-order valence-electron chi connectivity index (χ0n) is 21.2. The predicted molar refractivity (Wildman–Crippen MR) is 133 cm³/mol. The Labute approximate surface area is 223 Å². The minimum absolute atomic E-state index is 0.0887. The summed E-state index contributed by atoms with van der Waals surface area (Å²) in [5.41, 5.74) is 6.59. The van der Waals surface area contributed by atoms with Crippen LogP contribution in [0, 0.1) is 17.8 Å². The summed E-state index contributed by atoms with van der Waals surface area (Å²) in [6.45, 7) is 3.15. The third-order valence-electron chi connectivity index (χ3n) is 6.97. The Morgan fingerprint density at radius 3 is 2.72 bits per heavy atom. The van der Waals surface area contributed by atoms with Gasteiger partial charge in [0.2, 0.25) is 11.7 Å². The number of aliphatic hydroxyl groups excluding tert-OH is 2. The molecule has 1 unspecified atom stereocenters. The molecule has 2 aromatic heterocycles. The van der Waals surface area contributed by atoms with Crippen LogP contribution in [0.25, 0.3) is 11.2 Å². The third kappa shape index (κ3) is 5.44. The SMILES string of the molecule is CCNC(=O)[C@H]1O[C@@H](n2cnc3c(N)nc(C#CCC4CCN(C(=O)OC5CC(=O)N5)CC4)nc32)[C@H](O)[C@@H]1O. The molecule has 2 aromatic rings. The molecule has 3 amide bonds. The first-order valence-corrected chi connectivity index (χ1v) is 12.8.